The van der Waals surface area contributed by atoms with E-state index in [1.165, 1.54) is 0 Å². The van der Waals surface area contributed by atoms with E-state index in [1.54, 1.807) is 32.5 Å². The predicted octanol–water partition coefficient (Wildman–Crippen LogP) is 2.33. The maximum atomic E-state index is 5.89. The molecule has 3 N–H and O–H groups in total. The third kappa shape index (κ3) is 4.12. The van der Waals surface area contributed by atoms with Crippen molar-refractivity contribution in [3.8, 4) is 11.5 Å². The van der Waals surface area contributed by atoms with E-state index < -0.39 is 0 Å². The van der Waals surface area contributed by atoms with E-state index in [2.05, 4.69) is 15.3 Å². The third-order valence-corrected chi connectivity index (χ3v) is 3.06. The van der Waals surface area contributed by atoms with Crippen molar-refractivity contribution >= 4 is 11.6 Å². The van der Waals surface area contributed by atoms with E-state index >= 15 is 0 Å². The fraction of sp³-hybridized carbons (Fsp3) is 0.250. The van der Waals surface area contributed by atoms with Gasteiger partial charge in [0.05, 0.1) is 20.8 Å². The molecule has 0 saturated carbocycles. The van der Waals surface area contributed by atoms with Gasteiger partial charge in [-0.2, -0.15) is 0 Å². The Labute approximate surface area is 130 Å². The molecule has 0 radical (unpaired) electrons. The summed E-state index contributed by atoms with van der Waals surface area (Å²) in [5.74, 6) is 1.62. The summed E-state index contributed by atoms with van der Waals surface area (Å²) in [6, 6.07) is 9.38. The number of rotatable bonds is 5. The third-order valence-electron chi connectivity index (χ3n) is 3.06. The Morgan fingerprint density at radius 1 is 1.18 bits per heavy atom. The number of hydrogen-bond donors (Lipinski definition) is 2. The second-order valence-corrected chi connectivity index (χ2v) is 4.70. The Hall–Kier alpha value is -2.76. The molecule has 0 atom stereocenters. The van der Waals surface area contributed by atoms with Gasteiger partial charge in [-0.25, -0.2) is 4.99 Å². The average Bonchev–Trinajstić information content (AvgIpc) is 2.54. The molecule has 6 nitrogen and oxygen atoms in total. The molecule has 0 unspecified atom stereocenters. The lowest BCUT2D eigenvalue weighted by Gasteiger charge is -2.10. The van der Waals surface area contributed by atoms with Gasteiger partial charge in [0.2, 0.25) is 0 Å². The minimum absolute atomic E-state index is 0.327. The molecule has 0 fully saturated rings. The number of aryl methyl sites for hydroxylation is 1. The van der Waals surface area contributed by atoms with Crippen LogP contribution in [0.3, 0.4) is 0 Å². The Morgan fingerprint density at radius 2 is 1.95 bits per heavy atom. The van der Waals surface area contributed by atoms with Crippen molar-refractivity contribution in [1.82, 2.24) is 4.98 Å². The first-order valence-electron chi connectivity index (χ1n) is 6.83. The number of nitrogens with one attached hydrogen (secondary N) is 1. The van der Waals surface area contributed by atoms with Crippen molar-refractivity contribution in [2.45, 2.75) is 13.5 Å². The zero-order valence-electron chi connectivity index (χ0n) is 13.0. The van der Waals surface area contributed by atoms with Crippen molar-refractivity contribution < 1.29 is 9.47 Å². The van der Waals surface area contributed by atoms with Crippen LogP contribution in [0.15, 0.2) is 41.5 Å². The number of aliphatic imine (C=N–C) groups is 1. The Balaban J connectivity index is 2.03. The van der Waals surface area contributed by atoms with E-state index in [0.29, 0.717) is 24.0 Å². The summed E-state index contributed by atoms with van der Waals surface area (Å²) in [7, 11) is 3.18. The highest BCUT2D eigenvalue weighted by Crippen LogP contribution is 2.29. The van der Waals surface area contributed by atoms with Crippen LogP contribution in [0.25, 0.3) is 0 Å². The number of guanidine groups is 1. The van der Waals surface area contributed by atoms with Gasteiger partial charge in [0.1, 0.15) is 0 Å². The molecule has 1 aromatic heterocycles. The number of anilines is 1. The van der Waals surface area contributed by atoms with Gasteiger partial charge in [0.15, 0.2) is 17.5 Å². The molecule has 0 saturated heterocycles. The highest BCUT2D eigenvalue weighted by Gasteiger charge is 2.05. The highest BCUT2D eigenvalue weighted by molar-refractivity contribution is 5.92. The summed E-state index contributed by atoms with van der Waals surface area (Å²) in [5.41, 5.74) is 8.65. The molecule has 2 aromatic rings. The number of nitrogens with zero attached hydrogens (tertiary/aromatic N) is 2. The number of nitrogens with two attached hydrogens (primary N) is 1. The second-order valence-electron chi connectivity index (χ2n) is 4.70. The van der Waals surface area contributed by atoms with E-state index in [0.717, 1.165) is 16.9 Å². The molecule has 0 aliphatic rings. The molecule has 0 aliphatic heterocycles. The molecule has 0 spiro atoms. The van der Waals surface area contributed by atoms with Crippen LogP contribution < -0.4 is 20.5 Å². The standard InChI is InChI=1S/C16H20N4O2/c1-11-4-5-12(9-18-11)10-19-16(17)20-13-6-7-14(21-2)15(8-13)22-3/h4-9H,10H2,1-3H3,(H3,17,19,20). The number of pyridine rings is 1. The zero-order valence-corrected chi connectivity index (χ0v) is 13.0. The van der Waals surface area contributed by atoms with Crippen molar-refractivity contribution in [1.29, 1.82) is 0 Å². The summed E-state index contributed by atoms with van der Waals surface area (Å²) in [6.07, 6.45) is 1.79. The molecular weight excluding hydrogens is 280 g/mol. The molecule has 22 heavy (non-hydrogen) atoms. The molecule has 0 aliphatic carbocycles. The monoisotopic (exact) mass is 300 g/mol. The molecule has 1 heterocycles. The van der Waals surface area contributed by atoms with E-state index in [1.807, 2.05) is 25.1 Å². The molecule has 0 amide bonds. The SMILES string of the molecule is COc1ccc(NC(N)=NCc2ccc(C)nc2)cc1OC. The summed E-state index contributed by atoms with van der Waals surface area (Å²) in [5, 5.41) is 3.02. The smallest absolute Gasteiger partial charge is 0.193 e. The van der Waals surface area contributed by atoms with Crippen LogP contribution in [-0.2, 0) is 6.54 Å². The largest absolute Gasteiger partial charge is 0.493 e. The number of methoxy groups -OCH3 is 2. The molecular formula is C16H20N4O2. The Bertz CT molecular complexity index is 654. The van der Waals surface area contributed by atoms with Crippen LogP contribution in [0.1, 0.15) is 11.3 Å². The number of hydrogen-bond acceptors (Lipinski definition) is 4. The highest BCUT2D eigenvalue weighted by atomic mass is 16.5. The quantitative estimate of drug-likeness (QED) is 0.654. The molecule has 2 rings (SSSR count). The average molecular weight is 300 g/mol. The topological polar surface area (TPSA) is 81.8 Å². The van der Waals surface area contributed by atoms with E-state index in [4.69, 9.17) is 15.2 Å². The lowest BCUT2D eigenvalue weighted by Crippen LogP contribution is -2.22. The van der Waals surface area contributed by atoms with E-state index in [-0.39, 0.29) is 0 Å². The van der Waals surface area contributed by atoms with Gasteiger partial charge < -0.3 is 20.5 Å². The van der Waals surface area contributed by atoms with Crippen LogP contribution in [0.5, 0.6) is 11.5 Å². The molecule has 6 heteroatoms. The number of ether oxygens (including phenoxy) is 2. The van der Waals surface area contributed by atoms with Gasteiger partial charge in [0, 0.05) is 23.6 Å². The number of benzene rings is 1. The molecule has 1 aromatic carbocycles. The first-order chi connectivity index (χ1) is 10.6. The lowest BCUT2D eigenvalue weighted by molar-refractivity contribution is 0.355. The summed E-state index contributed by atoms with van der Waals surface area (Å²) in [4.78, 5) is 8.51. The van der Waals surface area contributed by atoms with Gasteiger partial charge in [-0.1, -0.05) is 6.07 Å². The maximum Gasteiger partial charge on any atom is 0.193 e. The van der Waals surface area contributed by atoms with Crippen LogP contribution in [-0.4, -0.2) is 25.2 Å². The fourth-order valence-corrected chi connectivity index (χ4v) is 1.87. The summed E-state index contributed by atoms with van der Waals surface area (Å²) >= 11 is 0. The first-order valence-corrected chi connectivity index (χ1v) is 6.83. The first kappa shape index (κ1) is 15.6. The van der Waals surface area contributed by atoms with Crippen molar-refractivity contribution in [2.75, 3.05) is 19.5 Å². The van der Waals surface area contributed by atoms with Crippen molar-refractivity contribution in [3.05, 3.63) is 47.8 Å². The van der Waals surface area contributed by atoms with Gasteiger partial charge in [0.25, 0.3) is 0 Å². The Morgan fingerprint density at radius 3 is 2.59 bits per heavy atom. The van der Waals surface area contributed by atoms with Crippen LogP contribution in [0.2, 0.25) is 0 Å². The molecule has 0 bridgehead atoms. The summed E-state index contributed by atoms with van der Waals surface area (Å²) < 4.78 is 10.4. The van der Waals surface area contributed by atoms with Gasteiger partial charge >= 0.3 is 0 Å². The van der Waals surface area contributed by atoms with Gasteiger partial charge in [-0.3, -0.25) is 4.98 Å². The van der Waals surface area contributed by atoms with Crippen LogP contribution in [0, 0.1) is 6.92 Å². The normalized spacial score (nSPS) is 11.1. The lowest BCUT2D eigenvalue weighted by atomic mass is 10.2. The van der Waals surface area contributed by atoms with E-state index in [9.17, 15) is 0 Å². The van der Waals surface area contributed by atoms with Gasteiger partial charge in [-0.15, -0.1) is 0 Å². The predicted molar refractivity (Wildman–Crippen MR) is 87.5 cm³/mol. The minimum Gasteiger partial charge on any atom is -0.493 e. The van der Waals surface area contributed by atoms with Gasteiger partial charge in [-0.05, 0) is 30.7 Å². The Kier molecular flexibility index (Phi) is 5.19. The summed E-state index contributed by atoms with van der Waals surface area (Å²) in [6.45, 7) is 2.42. The van der Waals surface area contributed by atoms with Crippen LogP contribution >= 0.6 is 0 Å². The zero-order chi connectivity index (χ0) is 15.9. The fourth-order valence-electron chi connectivity index (χ4n) is 1.87. The number of aromatic nitrogens is 1. The minimum atomic E-state index is 0.327. The van der Waals surface area contributed by atoms with Crippen molar-refractivity contribution in [3.63, 3.8) is 0 Å². The second kappa shape index (κ2) is 7.31. The molecule has 116 valence electrons. The maximum absolute atomic E-state index is 5.89. The van der Waals surface area contributed by atoms with Crippen LogP contribution in [0.4, 0.5) is 5.69 Å². The van der Waals surface area contributed by atoms with Crippen molar-refractivity contribution in [2.24, 2.45) is 10.7 Å².